The van der Waals surface area contributed by atoms with Crippen LogP contribution < -0.4 is 5.32 Å². The fourth-order valence-electron chi connectivity index (χ4n) is 2.33. The molecule has 1 atom stereocenters. The fraction of sp³-hybridized carbons (Fsp3) is 1.00. The SMILES string of the molecule is CCNCC(COC)C1CCCC1. The Morgan fingerprint density at radius 3 is 2.62 bits per heavy atom. The Balaban J connectivity index is 2.26. The Hall–Kier alpha value is -0.0800. The van der Waals surface area contributed by atoms with E-state index in [4.69, 9.17) is 4.74 Å². The van der Waals surface area contributed by atoms with Crippen molar-refractivity contribution >= 4 is 0 Å². The molecule has 0 aromatic heterocycles. The van der Waals surface area contributed by atoms with Crippen LogP contribution in [0.15, 0.2) is 0 Å². The maximum absolute atomic E-state index is 5.27. The lowest BCUT2D eigenvalue weighted by atomic mass is 9.91. The lowest BCUT2D eigenvalue weighted by Gasteiger charge is -2.22. The molecule has 1 N–H and O–H groups in total. The minimum absolute atomic E-state index is 0.743. The zero-order valence-electron chi connectivity index (χ0n) is 9.01. The highest BCUT2D eigenvalue weighted by Crippen LogP contribution is 2.31. The quantitative estimate of drug-likeness (QED) is 0.684. The van der Waals surface area contributed by atoms with Crippen LogP contribution in [0.25, 0.3) is 0 Å². The largest absolute Gasteiger partial charge is 0.384 e. The van der Waals surface area contributed by atoms with Crippen LogP contribution in [0.2, 0.25) is 0 Å². The number of methoxy groups -OCH3 is 1. The van der Waals surface area contributed by atoms with E-state index in [0.717, 1.165) is 31.5 Å². The minimum atomic E-state index is 0.743. The first kappa shape index (κ1) is 11.0. The normalized spacial score (nSPS) is 20.8. The predicted molar refractivity (Wildman–Crippen MR) is 55.9 cm³/mol. The van der Waals surface area contributed by atoms with Gasteiger partial charge in [0.25, 0.3) is 0 Å². The fourth-order valence-corrected chi connectivity index (χ4v) is 2.33. The predicted octanol–water partition coefficient (Wildman–Crippen LogP) is 2.05. The second kappa shape index (κ2) is 6.39. The van der Waals surface area contributed by atoms with Crippen molar-refractivity contribution < 1.29 is 4.74 Å². The lowest BCUT2D eigenvalue weighted by Crippen LogP contribution is -2.30. The van der Waals surface area contributed by atoms with Crippen LogP contribution in [0.1, 0.15) is 32.6 Å². The zero-order valence-corrected chi connectivity index (χ0v) is 9.01. The molecule has 0 aromatic carbocycles. The van der Waals surface area contributed by atoms with Crippen LogP contribution in [0.4, 0.5) is 0 Å². The molecule has 0 radical (unpaired) electrons. The van der Waals surface area contributed by atoms with Gasteiger partial charge in [-0.2, -0.15) is 0 Å². The molecule has 0 spiro atoms. The van der Waals surface area contributed by atoms with Crippen LogP contribution in [-0.2, 0) is 4.74 Å². The summed E-state index contributed by atoms with van der Waals surface area (Å²) in [5.74, 6) is 1.66. The van der Waals surface area contributed by atoms with Crippen molar-refractivity contribution in [3.8, 4) is 0 Å². The topological polar surface area (TPSA) is 21.3 Å². The first-order valence-electron chi connectivity index (χ1n) is 5.58. The molecule has 0 saturated heterocycles. The van der Waals surface area contributed by atoms with Gasteiger partial charge in [-0.1, -0.05) is 32.6 Å². The van der Waals surface area contributed by atoms with E-state index < -0.39 is 0 Å². The number of hydrogen-bond acceptors (Lipinski definition) is 2. The van der Waals surface area contributed by atoms with E-state index in [1.165, 1.54) is 25.7 Å². The zero-order chi connectivity index (χ0) is 9.52. The molecular formula is C11H23NO. The van der Waals surface area contributed by atoms with Gasteiger partial charge in [-0.25, -0.2) is 0 Å². The summed E-state index contributed by atoms with van der Waals surface area (Å²) in [7, 11) is 1.81. The highest BCUT2D eigenvalue weighted by molar-refractivity contribution is 4.76. The summed E-state index contributed by atoms with van der Waals surface area (Å²) in [6.07, 6.45) is 5.69. The summed E-state index contributed by atoms with van der Waals surface area (Å²) in [4.78, 5) is 0. The molecule has 1 saturated carbocycles. The van der Waals surface area contributed by atoms with Crippen LogP contribution >= 0.6 is 0 Å². The first-order valence-corrected chi connectivity index (χ1v) is 5.58. The maximum atomic E-state index is 5.27. The van der Waals surface area contributed by atoms with Crippen LogP contribution in [0, 0.1) is 11.8 Å². The summed E-state index contributed by atoms with van der Waals surface area (Å²) in [6, 6.07) is 0. The van der Waals surface area contributed by atoms with E-state index in [0.29, 0.717) is 0 Å². The molecule has 2 heteroatoms. The van der Waals surface area contributed by atoms with Crippen molar-refractivity contribution in [3.63, 3.8) is 0 Å². The molecule has 0 aliphatic heterocycles. The average Bonchev–Trinajstić information content (AvgIpc) is 2.65. The smallest absolute Gasteiger partial charge is 0.0505 e. The van der Waals surface area contributed by atoms with E-state index >= 15 is 0 Å². The van der Waals surface area contributed by atoms with Crippen LogP contribution in [0.5, 0.6) is 0 Å². The van der Waals surface area contributed by atoms with Crippen molar-refractivity contribution in [2.45, 2.75) is 32.6 Å². The molecule has 0 aromatic rings. The van der Waals surface area contributed by atoms with Gasteiger partial charge >= 0.3 is 0 Å². The van der Waals surface area contributed by atoms with Crippen LogP contribution in [-0.4, -0.2) is 26.8 Å². The van der Waals surface area contributed by atoms with E-state index in [-0.39, 0.29) is 0 Å². The van der Waals surface area contributed by atoms with Crippen molar-refractivity contribution in [3.05, 3.63) is 0 Å². The first-order chi connectivity index (χ1) is 6.38. The number of hydrogen-bond donors (Lipinski definition) is 1. The Bertz CT molecular complexity index is 121. The summed E-state index contributed by atoms with van der Waals surface area (Å²) in [5.41, 5.74) is 0. The van der Waals surface area contributed by atoms with Crippen molar-refractivity contribution in [1.82, 2.24) is 5.32 Å². The second-order valence-corrected chi connectivity index (χ2v) is 4.07. The molecule has 13 heavy (non-hydrogen) atoms. The number of ether oxygens (including phenoxy) is 1. The minimum Gasteiger partial charge on any atom is -0.384 e. The average molecular weight is 185 g/mol. The number of nitrogens with one attached hydrogen (secondary N) is 1. The summed E-state index contributed by atoms with van der Waals surface area (Å²) in [6.45, 7) is 5.30. The second-order valence-electron chi connectivity index (χ2n) is 4.07. The molecule has 1 aliphatic rings. The van der Waals surface area contributed by atoms with E-state index in [1.807, 2.05) is 7.11 Å². The Labute approximate surface area is 82.0 Å². The monoisotopic (exact) mass is 185 g/mol. The molecular weight excluding hydrogens is 162 g/mol. The highest BCUT2D eigenvalue weighted by Gasteiger charge is 2.24. The van der Waals surface area contributed by atoms with Gasteiger partial charge in [-0.05, 0) is 18.4 Å². The van der Waals surface area contributed by atoms with E-state index in [2.05, 4.69) is 12.2 Å². The van der Waals surface area contributed by atoms with E-state index in [1.54, 1.807) is 0 Å². The Kier molecular flexibility index (Phi) is 5.40. The summed E-state index contributed by atoms with van der Waals surface area (Å²) in [5, 5.41) is 3.43. The van der Waals surface area contributed by atoms with Crippen molar-refractivity contribution in [2.75, 3.05) is 26.8 Å². The van der Waals surface area contributed by atoms with Gasteiger partial charge < -0.3 is 10.1 Å². The van der Waals surface area contributed by atoms with Gasteiger partial charge in [0.15, 0.2) is 0 Å². The van der Waals surface area contributed by atoms with E-state index in [9.17, 15) is 0 Å². The van der Waals surface area contributed by atoms with Gasteiger partial charge in [-0.15, -0.1) is 0 Å². The van der Waals surface area contributed by atoms with Crippen molar-refractivity contribution in [1.29, 1.82) is 0 Å². The molecule has 1 aliphatic carbocycles. The third-order valence-corrected chi connectivity index (χ3v) is 3.10. The van der Waals surface area contributed by atoms with Gasteiger partial charge in [0.1, 0.15) is 0 Å². The molecule has 0 amide bonds. The molecule has 1 unspecified atom stereocenters. The standard InChI is InChI=1S/C11H23NO/c1-3-12-8-11(9-13-2)10-6-4-5-7-10/h10-12H,3-9H2,1-2H3. The third kappa shape index (κ3) is 3.65. The van der Waals surface area contributed by atoms with Gasteiger partial charge in [0, 0.05) is 13.7 Å². The molecule has 1 rings (SSSR count). The molecule has 0 bridgehead atoms. The van der Waals surface area contributed by atoms with Crippen molar-refractivity contribution in [2.24, 2.45) is 11.8 Å². The molecule has 2 nitrogen and oxygen atoms in total. The Morgan fingerprint density at radius 1 is 1.38 bits per heavy atom. The Morgan fingerprint density at radius 2 is 2.08 bits per heavy atom. The summed E-state index contributed by atoms with van der Waals surface area (Å²) >= 11 is 0. The number of rotatable bonds is 6. The highest BCUT2D eigenvalue weighted by atomic mass is 16.5. The van der Waals surface area contributed by atoms with Gasteiger partial charge in [0.2, 0.25) is 0 Å². The molecule has 1 fully saturated rings. The maximum Gasteiger partial charge on any atom is 0.0505 e. The molecule has 0 heterocycles. The summed E-state index contributed by atoms with van der Waals surface area (Å²) < 4.78 is 5.27. The molecule has 78 valence electrons. The van der Waals surface area contributed by atoms with Gasteiger partial charge in [-0.3, -0.25) is 0 Å². The lowest BCUT2D eigenvalue weighted by molar-refractivity contribution is 0.120. The van der Waals surface area contributed by atoms with Gasteiger partial charge in [0.05, 0.1) is 6.61 Å². The third-order valence-electron chi connectivity index (χ3n) is 3.10. The van der Waals surface area contributed by atoms with Crippen LogP contribution in [0.3, 0.4) is 0 Å².